The molecular formula is C19H30O8. The number of carbonyl (C=O) groups is 2. The highest BCUT2D eigenvalue weighted by Gasteiger charge is 2.61. The molecule has 2 bridgehead atoms. The summed E-state index contributed by atoms with van der Waals surface area (Å²) in [6.45, 7) is 6.29. The molecule has 1 unspecified atom stereocenters. The van der Waals surface area contributed by atoms with E-state index in [1.165, 1.54) is 0 Å². The second-order valence-corrected chi connectivity index (χ2v) is 8.48. The number of carboxylic acids is 1. The topological polar surface area (TPSA) is 112 Å². The summed E-state index contributed by atoms with van der Waals surface area (Å²) in [6, 6.07) is 0. The molecule has 8 heteroatoms. The van der Waals surface area contributed by atoms with Gasteiger partial charge in [-0.1, -0.05) is 13.8 Å². The monoisotopic (exact) mass is 386 g/mol. The third-order valence-corrected chi connectivity index (χ3v) is 6.64. The molecule has 8 nitrogen and oxygen atoms in total. The summed E-state index contributed by atoms with van der Waals surface area (Å²) in [7, 11) is 0. The van der Waals surface area contributed by atoms with E-state index in [-0.39, 0.29) is 24.7 Å². The predicted molar refractivity (Wildman–Crippen MR) is 92.0 cm³/mol. The zero-order valence-corrected chi connectivity index (χ0v) is 16.2. The van der Waals surface area contributed by atoms with E-state index in [2.05, 4.69) is 6.92 Å². The van der Waals surface area contributed by atoms with Gasteiger partial charge >= 0.3 is 11.9 Å². The summed E-state index contributed by atoms with van der Waals surface area (Å²) < 4.78 is 11.1. The minimum absolute atomic E-state index is 0.108. The first-order valence-corrected chi connectivity index (χ1v) is 9.77. The molecule has 27 heavy (non-hydrogen) atoms. The van der Waals surface area contributed by atoms with Crippen LogP contribution < -0.4 is 0 Å². The van der Waals surface area contributed by atoms with Gasteiger partial charge in [-0.2, -0.15) is 0 Å². The average Bonchev–Trinajstić information content (AvgIpc) is 2.87. The molecule has 4 fully saturated rings. The van der Waals surface area contributed by atoms with Crippen molar-refractivity contribution in [3.63, 3.8) is 0 Å². The minimum atomic E-state index is -1.33. The first-order valence-electron chi connectivity index (χ1n) is 9.77. The molecule has 7 atom stereocenters. The normalized spacial score (nSPS) is 40.5. The molecule has 1 spiro atoms. The van der Waals surface area contributed by atoms with E-state index in [4.69, 9.17) is 24.4 Å². The molecule has 0 radical (unpaired) electrons. The second-order valence-electron chi connectivity index (χ2n) is 8.48. The van der Waals surface area contributed by atoms with Crippen LogP contribution in [0.3, 0.4) is 0 Å². The van der Waals surface area contributed by atoms with Crippen molar-refractivity contribution in [2.75, 3.05) is 6.61 Å². The van der Waals surface area contributed by atoms with Gasteiger partial charge in [0.05, 0.1) is 19.4 Å². The highest BCUT2D eigenvalue weighted by molar-refractivity contribution is 5.76. The molecule has 154 valence electrons. The lowest BCUT2D eigenvalue weighted by Crippen LogP contribution is -2.61. The zero-order chi connectivity index (χ0) is 19.8. The van der Waals surface area contributed by atoms with Gasteiger partial charge in [0, 0.05) is 18.3 Å². The maximum atomic E-state index is 11.8. The van der Waals surface area contributed by atoms with Gasteiger partial charge in [-0.15, -0.1) is 0 Å². The Hall–Kier alpha value is -1.22. The lowest BCUT2D eigenvalue weighted by atomic mass is 9.60. The lowest BCUT2D eigenvalue weighted by molar-refractivity contribution is -0.518. The highest BCUT2D eigenvalue weighted by atomic mass is 17.2. The van der Waals surface area contributed by atoms with Crippen LogP contribution in [0.15, 0.2) is 0 Å². The molecular weight excluding hydrogens is 356 g/mol. The number of fused-ring (bicyclic) bond motifs is 3. The Morgan fingerprint density at radius 3 is 2.59 bits per heavy atom. The number of aliphatic hydroxyl groups excluding tert-OH is 1. The maximum Gasteiger partial charge on any atom is 0.308 e. The Balaban J connectivity index is 1.72. The molecule has 4 aliphatic rings. The van der Waals surface area contributed by atoms with E-state index in [1.807, 2.05) is 13.8 Å². The molecule has 0 aromatic heterocycles. The van der Waals surface area contributed by atoms with E-state index in [0.717, 1.165) is 25.7 Å². The first-order chi connectivity index (χ1) is 12.7. The fourth-order valence-corrected chi connectivity index (χ4v) is 4.94. The summed E-state index contributed by atoms with van der Waals surface area (Å²) in [5.74, 6) is -2.37. The number of ether oxygens (including phenoxy) is 2. The number of esters is 1. The number of carboxylic acid groups (broad SMARTS) is 1. The van der Waals surface area contributed by atoms with Crippen molar-refractivity contribution >= 4 is 11.9 Å². The van der Waals surface area contributed by atoms with Crippen molar-refractivity contribution < 1.29 is 39.1 Å². The van der Waals surface area contributed by atoms with Crippen molar-refractivity contribution in [3.05, 3.63) is 0 Å². The van der Waals surface area contributed by atoms with Gasteiger partial charge in [-0.3, -0.25) is 9.59 Å². The van der Waals surface area contributed by atoms with Crippen LogP contribution in [0.2, 0.25) is 0 Å². The van der Waals surface area contributed by atoms with Gasteiger partial charge < -0.3 is 19.7 Å². The smallest absolute Gasteiger partial charge is 0.308 e. The molecule has 1 saturated carbocycles. The van der Waals surface area contributed by atoms with Gasteiger partial charge in [-0.05, 0) is 38.0 Å². The summed E-state index contributed by atoms with van der Waals surface area (Å²) in [5, 5.41) is 19.1. The third kappa shape index (κ3) is 3.99. The van der Waals surface area contributed by atoms with E-state index in [0.29, 0.717) is 12.5 Å². The zero-order valence-electron chi connectivity index (χ0n) is 16.2. The van der Waals surface area contributed by atoms with Crippen LogP contribution in [0.5, 0.6) is 0 Å². The fraction of sp³-hybridized carbons (Fsp3) is 0.895. The Kier molecular flexibility index (Phi) is 5.82. The third-order valence-electron chi connectivity index (χ3n) is 6.64. The van der Waals surface area contributed by atoms with Crippen molar-refractivity contribution in [2.24, 2.45) is 23.7 Å². The van der Waals surface area contributed by atoms with E-state index < -0.39 is 35.5 Å². The predicted octanol–water partition coefficient (Wildman–Crippen LogP) is 2.24. The summed E-state index contributed by atoms with van der Waals surface area (Å²) >= 11 is 0. The molecule has 1 aliphatic carbocycles. The van der Waals surface area contributed by atoms with Crippen LogP contribution in [0.25, 0.3) is 0 Å². The quantitative estimate of drug-likeness (QED) is 0.406. The van der Waals surface area contributed by atoms with Crippen molar-refractivity contribution in [1.82, 2.24) is 0 Å². The molecule has 0 amide bonds. The highest BCUT2D eigenvalue weighted by Crippen LogP contribution is 2.55. The van der Waals surface area contributed by atoms with Gasteiger partial charge in [0.25, 0.3) is 0 Å². The van der Waals surface area contributed by atoms with E-state index in [1.54, 1.807) is 0 Å². The van der Waals surface area contributed by atoms with Gasteiger partial charge in [0.1, 0.15) is 5.60 Å². The van der Waals surface area contributed by atoms with Crippen molar-refractivity contribution in [1.29, 1.82) is 0 Å². The molecule has 3 aliphatic heterocycles. The molecule has 0 aromatic carbocycles. The van der Waals surface area contributed by atoms with E-state index in [9.17, 15) is 14.7 Å². The molecule has 3 saturated heterocycles. The summed E-state index contributed by atoms with van der Waals surface area (Å²) in [4.78, 5) is 34.0. The van der Waals surface area contributed by atoms with Gasteiger partial charge in [-0.25, -0.2) is 9.78 Å². The van der Waals surface area contributed by atoms with Crippen molar-refractivity contribution in [3.8, 4) is 0 Å². The van der Waals surface area contributed by atoms with Gasteiger partial charge in [0.2, 0.25) is 6.29 Å². The number of aliphatic hydroxyl groups is 1. The molecule has 4 rings (SSSR count). The second kappa shape index (κ2) is 7.66. The Morgan fingerprint density at radius 2 is 1.96 bits per heavy atom. The first kappa shape index (κ1) is 20.5. The standard InChI is InChI=1S/C19H30O8/c1-11-4-5-14(12(2)17(23)25-16(22)7-6-15(20)21)19-10-24-18(3,26-27-19)9-8-13(11)19/h11-14,17,23H,4-10H2,1-3H3,(H,20,21)/t11-,12-,13?,14+,17+,18-,19-/m1/s1. The van der Waals surface area contributed by atoms with Crippen LogP contribution in [0.1, 0.15) is 59.3 Å². The Morgan fingerprint density at radius 1 is 1.22 bits per heavy atom. The Bertz CT molecular complexity index is 568. The average molecular weight is 386 g/mol. The molecule has 0 aromatic rings. The van der Waals surface area contributed by atoms with E-state index >= 15 is 0 Å². The maximum absolute atomic E-state index is 11.8. The number of rotatable bonds is 6. The minimum Gasteiger partial charge on any atom is -0.481 e. The lowest BCUT2D eigenvalue weighted by Gasteiger charge is -2.53. The number of hydrogen-bond acceptors (Lipinski definition) is 7. The van der Waals surface area contributed by atoms with Crippen LogP contribution in [0.4, 0.5) is 0 Å². The van der Waals surface area contributed by atoms with Crippen LogP contribution in [-0.2, 0) is 28.8 Å². The fourth-order valence-electron chi connectivity index (χ4n) is 4.94. The Labute approximate surface area is 159 Å². The number of hydrogen-bond donors (Lipinski definition) is 2. The molecule has 3 heterocycles. The van der Waals surface area contributed by atoms with Crippen LogP contribution >= 0.6 is 0 Å². The number of carbonyl (C=O) groups excluding carboxylic acids is 1. The van der Waals surface area contributed by atoms with Gasteiger partial charge in [0.15, 0.2) is 5.79 Å². The number of aliphatic carboxylic acids is 1. The van der Waals surface area contributed by atoms with Crippen LogP contribution in [0, 0.1) is 23.7 Å². The SMILES string of the molecule is C[C@@H]([C@@H](O)OC(=O)CCC(=O)O)[C@@H]1CC[C@@H](C)C2CC[C@]3(C)OC[C@@]21OO3. The summed E-state index contributed by atoms with van der Waals surface area (Å²) in [5.41, 5.74) is -0.679. The van der Waals surface area contributed by atoms with Crippen LogP contribution in [-0.4, -0.2) is 46.4 Å². The molecule has 2 N–H and O–H groups in total. The summed E-state index contributed by atoms with van der Waals surface area (Å²) in [6.07, 6.45) is 1.52. The van der Waals surface area contributed by atoms with Crippen molar-refractivity contribution in [2.45, 2.75) is 77.0 Å². The largest absolute Gasteiger partial charge is 0.481 e.